The van der Waals surface area contributed by atoms with Gasteiger partial charge in [-0.25, -0.2) is 8.42 Å². The highest BCUT2D eigenvalue weighted by Crippen LogP contribution is 2.35. The number of hydrogen-bond acceptors (Lipinski definition) is 6. The molecule has 1 N–H and O–H groups in total. The van der Waals surface area contributed by atoms with Crippen molar-refractivity contribution in [1.82, 2.24) is 14.8 Å². The smallest absolute Gasteiger partial charge is 0.264 e. The van der Waals surface area contributed by atoms with Crippen molar-refractivity contribution in [2.75, 3.05) is 11.8 Å². The van der Waals surface area contributed by atoms with E-state index in [2.05, 4.69) is 14.9 Å². The molecule has 2 aromatic heterocycles. The second kappa shape index (κ2) is 7.48. The zero-order chi connectivity index (χ0) is 20.6. The molecule has 0 radical (unpaired) electrons. The molecule has 0 aliphatic heterocycles. The first-order chi connectivity index (χ1) is 13.2. The molecular weight excluding hydrogens is 404 g/mol. The molecule has 0 amide bonds. The molecule has 0 spiro atoms. The van der Waals surface area contributed by atoms with Crippen molar-refractivity contribution in [1.29, 1.82) is 0 Å². The molecule has 0 unspecified atom stereocenters. The Balaban J connectivity index is 2.11. The molecule has 2 heterocycles. The first kappa shape index (κ1) is 20.2. The molecule has 0 atom stereocenters. The number of rotatable bonds is 6. The maximum Gasteiger partial charge on any atom is 0.264 e. The number of hydrogen-bond donors (Lipinski definition) is 1. The number of methoxy groups -OCH3 is 1. The summed E-state index contributed by atoms with van der Waals surface area (Å²) >= 11 is 6.01. The number of halogens is 1. The van der Waals surface area contributed by atoms with Gasteiger partial charge in [0.15, 0.2) is 0 Å². The van der Waals surface area contributed by atoms with Gasteiger partial charge in [0.1, 0.15) is 16.3 Å². The molecule has 3 aromatic rings. The van der Waals surface area contributed by atoms with Gasteiger partial charge in [0, 0.05) is 29.7 Å². The lowest BCUT2D eigenvalue weighted by atomic mass is 10.2. The molecule has 0 aliphatic rings. The average Bonchev–Trinajstić information content (AvgIpc) is 3.18. The van der Waals surface area contributed by atoms with Gasteiger partial charge in [0.25, 0.3) is 15.9 Å². The van der Waals surface area contributed by atoms with E-state index in [1.54, 1.807) is 37.6 Å². The van der Waals surface area contributed by atoms with Gasteiger partial charge in [-0.05, 0) is 32.0 Å². The number of nitrogens with zero attached hydrogens (tertiary/aromatic N) is 3. The van der Waals surface area contributed by atoms with Crippen molar-refractivity contribution >= 4 is 27.3 Å². The van der Waals surface area contributed by atoms with E-state index in [0.29, 0.717) is 40.0 Å². The van der Waals surface area contributed by atoms with Crippen LogP contribution in [-0.2, 0) is 23.5 Å². The summed E-state index contributed by atoms with van der Waals surface area (Å²) in [5.41, 5.74) is 1.87. The molecule has 3 rings (SSSR count). The fourth-order valence-corrected chi connectivity index (χ4v) is 4.85. The van der Waals surface area contributed by atoms with Crippen molar-refractivity contribution in [2.45, 2.75) is 32.1 Å². The molecule has 0 saturated heterocycles. The van der Waals surface area contributed by atoms with E-state index in [1.807, 2.05) is 6.92 Å². The number of ether oxygens (including phenoxy) is 1. The largest absolute Gasteiger partial charge is 0.495 e. The van der Waals surface area contributed by atoms with Crippen LogP contribution in [0, 0.1) is 13.8 Å². The Kier molecular flexibility index (Phi) is 5.40. The third kappa shape index (κ3) is 3.47. The maximum atomic E-state index is 13.2. The van der Waals surface area contributed by atoms with Gasteiger partial charge >= 0.3 is 0 Å². The van der Waals surface area contributed by atoms with Gasteiger partial charge in [0.05, 0.1) is 12.8 Å². The Hall–Kier alpha value is -2.52. The summed E-state index contributed by atoms with van der Waals surface area (Å²) in [4.78, 5) is 0.142. The van der Waals surface area contributed by atoms with Crippen molar-refractivity contribution in [2.24, 2.45) is 7.05 Å². The molecular formula is C18H21ClN4O4S. The molecule has 0 aliphatic carbocycles. The van der Waals surface area contributed by atoms with Gasteiger partial charge in [-0.3, -0.25) is 4.72 Å². The minimum atomic E-state index is -3.93. The van der Waals surface area contributed by atoms with Crippen LogP contribution in [0.15, 0.2) is 27.5 Å². The second-order valence-corrected chi connectivity index (χ2v) is 8.31. The lowest BCUT2D eigenvalue weighted by Crippen LogP contribution is -2.15. The number of anilines is 1. The number of aryl methyl sites for hydroxylation is 1. The molecule has 0 fully saturated rings. The van der Waals surface area contributed by atoms with Gasteiger partial charge in [-0.1, -0.05) is 18.5 Å². The lowest BCUT2D eigenvalue weighted by molar-refractivity contribution is 0.417. The molecule has 1 aromatic carbocycles. The van der Waals surface area contributed by atoms with E-state index in [4.69, 9.17) is 20.8 Å². The summed E-state index contributed by atoms with van der Waals surface area (Å²) in [6.07, 6.45) is 0.594. The third-order valence-corrected chi connectivity index (χ3v) is 6.37. The summed E-state index contributed by atoms with van der Waals surface area (Å²) in [5, 5.41) is 8.40. The van der Waals surface area contributed by atoms with E-state index >= 15 is 0 Å². The Labute approximate surface area is 168 Å². The van der Waals surface area contributed by atoms with Crippen molar-refractivity contribution in [3.8, 4) is 17.3 Å². The zero-order valence-corrected chi connectivity index (χ0v) is 17.8. The highest BCUT2D eigenvalue weighted by atomic mass is 35.5. The van der Waals surface area contributed by atoms with Crippen molar-refractivity contribution in [3.05, 3.63) is 40.4 Å². The molecule has 0 saturated carbocycles. The van der Waals surface area contributed by atoms with E-state index in [1.165, 1.54) is 13.2 Å². The van der Waals surface area contributed by atoms with Crippen molar-refractivity contribution < 1.29 is 17.6 Å². The number of benzene rings is 1. The van der Waals surface area contributed by atoms with Gasteiger partial charge in [-0.15, -0.1) is 10.2 Å². The van der Waals surface area contributed by atoms with E-state index in [9.17, 15) is 8.42 Å². The van der Waals surface area contributed by atoms with Crippen LogP contribution in [0.2, 0.25) is 5.02 Å². The number of sulfonamides is 1. The summed E-state index contributed by atoms with van der Waals surface area (Å²) in [5.74, 6) is 1.13. The number of aromatic nitrogens is 3. The minimum absolute atomic E-state index is 0.142. The monoisotopic (exact) mass is 424 g/mol. The molecule has 28 heavy (non-hydrogen) atoms. The van der Waals surface area contributed by atoms with Crippen LogP contribution in [0.5, 0.6) is 5.75 Å². The van der Waals surface area contributed by atoms with Crippen LogP contribution < -0.4 is 9.46 Å². The molecule has 8 nitrogen and oxygen atoms in total. The summed E-state index contributed by atoms with van der Waals surface area (Å²) in [6.45, 7) is 5.33. The standard InChI is InChI=1S/C18H21ClN4O4S/c1-6-15-20-21-18(27-15)16-10(2)17(11(3)23(16)4)28(24,25)22-13-9-12(19)7-8-14(13)26-5/h7-9,22H,6H2,1-5H3. The van der Waals surface area contributed by atoms with Gasteiger partial charge in [-0.2, -0.15) is 0 Å². The summed E-state index contributed by atoms with van der Waals surface area (Å²) in [6, 6.07) is 4.72. The highest BCUT2D eigenvalue weighted by Gasteiger charge is 2.29. The van der Waals surface area contributed by atoms with Crippen molar-refractivity contribution in [3.63, 3.8) is 0 Å². The van der Waals surface area contributed by atoms with E-state index in [-0.39, 0.29) is 16.5 Å². The second-order valence-electron chi connectivity index (χ2n) is 6.25. The fraction of sp³-hybridized carbons (Fsp3) is 0.333. The Morgan fingerprint density at radius 3 is 2.61 bits per heavy atom. The first-order valence-electron chi connectivity index (χ1n) is 8.54. The summed E-state index contributed by atoms with van der Waals surface area (Å²) in [7, 11) is -0.718. The maximum absolute atomic E-state index is 13.2. The Morgan fingerprint density at radius 2 is 2.00 bits per heavy atom. The summed E-state index contributed by atoms with van der Waals surface area (Å²) < 4.78 is 41.5. The third-order valence-electron chi connectivity index (χ3n) is 4.51. The van der Waals surface area contributed by atoms with E-state index in [0.717, 1.165) is 0 Å². The van der Waals surface area contributed by atoms with Gasteiger partial charge < -0.3 is 13.7 Å². The predicted molar refractivity (Wildman–Crippen MR) is 106 cm³/mol. The Morgan fingerprint density at radius 1 is 1.29 bits per heavy atom. The number of nitrogens with one attached hydrogen (secondary N) is 1. The lowest BCUT2D eigenvalue weighted by Gasteiger charge is -2.13. The molecule has 0 bridgehead atoms. The SMILES string of the molecule is CCc1nnc(-c2c(C)c(S(=O)(=O)Nc3cc(Cl)ccc3OC)c(C)n2C)o1. The topological polar surface area (TPSA) is 99.3 Å². The Bertz CT molecular complexity index is 1130. The average molecular weight is 425 g/mol. The van der Waals surface area contributed by atoms with E-state index < -0.39 is 10.0 Å². The quantitative estimate of drug-likeness (QED) is 0.647. The van der Waals surface area contributed by atoms with Crippen LogP contribution in [-0.4, -0.2) is 30.3 Å². The highest BCUT2D eigenvalue weighted by molar-refractivity contribution is 7.92. The molecule has 150 valence electrons. The fourth-order valence-electron chi connectivity index (χ4n) is 3.10. The zero-order valence-electron chi connectivity index (χ0n) is 16.2. The van der Waals surface area contributed by atoms with Gasteiger partial charge in [0.2, 0.25) is 5.89 Å². The molecule has 10 heteroatoms. The van der Waals surface area contributed by atoms with Crippen LogP contribution in [0.4, 0.5) is 5.69 Å². The van der Waals surface area contributed by atoms with Crippen LogP contribution in [0.1, 0.15) is 24.1 Å². The first-order valence-corrected chi connectivity index (χ1v) is 10.4. The normalized spacial score (nSPS) is 11.6. The van der Waals surface area contributed by atoms with Crippen LogP contribution in [0.3, 0.4) is 0 Å². The van der Waals surface area contributed by atoms with Crippen LogP contribution >= 0.6 is 11.6 Å². The van der Waals surface area contributed by atoms with Crippen LogP contribution in [0.25, 0.3) is 11.6 Å². The predicted octanol–water partition coefficient (Wildman–Crippen LogP) is 3.72. The minimum Gasteiger partial charge on any atom is -0.495 e.